The Bertz CT molecular complexity index is 563. The highest BCUT2D eigenvalue weighted by Gasteiger charge is 2.28. The molecule has 0 saturated carbocycles. The minimum atomic E-state index is -1.07. The summed E-state index contributed by atoms with van der Waals surface area (Å²) >= 11 is 6.15. The number of nitrogens with zero attached hydrogens (tertiary/aromatic N) is 3. The van der Waals surface area contributed by atoms with Gasteiger partial charge in [0.05, 0.1) is 5.60 Å². The van der Waals surface area contributed by atoms with Crippen molar-refractivity contribution >= 4 is 11.6 Å². The summed E-state index contributed by atoms with van der Waals surface area (Å²) in [5, 5.41) is 15.4. The summed E-state index contributed by atoms with van der Waals surface area (Å²) in [6.45, 7) is 5.80. The van der Waals surface area contributed by atoms with Gasteiger partial charge in [0.25, 0.3) is 0 Å². The van der Waals surface area contributed by atoms with E-state index in [1.54, 1.807) is 13.0 Å². The molecule has 2 aromatic rings. The van der Waals surface area contributed by atoms with Crippen molar-refractivity contribution in [2.45, 2.75) is 38.8 Å². The summed E-state index contributed by atoms with van der Waals surface area (Å²) in [6.07, 6.45) is 1.88. The van der Waals surface area contributed by atoms with Gasteiger partial charge < -0.3 is 5.11 Å². The smallest absolute Gasteiger partial charge is 0.138 e. The number of benzene rings is 1. The fraction of sp³-hybridized carbons (Fsp3) is 0.429. The monoisotopic (exact) mass is 279 g/mol. The molecule has 102 valence electrons. The molecule has 0 aliphatic heterocycles. The average Bonchev–Trinajstić information content (AvgIpc) is 2.76. The van der Waals surface area contributed by atoms with Crippen molar-refractivity contribution in [3.8, 4) is 0 Å². The minimum Gasteiger partial charge on any atom is -0.385 e. The number of hydrogen-bond acceptors (Lipinski definition) is 3. The van der Waals surface area contributed by atoms with Crippen LogP contribution in [-0.4, -0.2) is 19.9 Å². The van der Waals surface area contributed by atoms with Gasteiger partial charge in [0, 0.05) is 23.0 Å². The van der Waals surface area contributed by atoms with Gasteiger partial charge >= 0.3 is 0 Å². The molecule has 0 aliphatic rings. The summed E-state index contributed by atoms with van der Waals surface area (Å²) in [5.41, 5.74) is -0.368. The maximum Gasteiger partial charge on any atom is 0.138 e. The van der Waals surface area contributed by atoms with Gasteiger partial charge in [0.1, 0.15) is 12.2 Å². The summed E-state index contributed by atoms with van der Waals surface area (Å²) in [5.74, 6) is 0.750. The zero-order chi connectivity index (χ0) is 14.0. The van der Waals surface area contributed by atoms with Crippen LogP contribution in [0.2, 0.25) is 5.02 Å². The maximum absolute atomic E-state index is 10.7. The molecular formula is C14H18ClN3O. The molecule has 1 heterocycles. The Morgan fingerprint density at radius 3 is 2.68 bits per heavy atom. The lowest BCUT2D eigenvalue weighted by Crippen LogP contribution is -2.27. The van der Waals surface area contributed by atoms with Crippen molar-refractivity contribution in [2.75, 3.05) is 0 Å². The number of rotatable bonds is 4. The van der Waals surface area contributed by atoms with Crippen LogP contribution in [0.15, 0.2) is 30.6 Å². The zero-order valence-corrected chi connectivity index (χ0v) is 12.1. The molecule has 0 amide bonds. The second kappa shape index (κ2) is 5.31. The van der Waals surface area contributed by atoms with Crippen molar-refractivity contribution in [2.24, 2.45) is 0 Å². The molecule has 4 nitrogen and oxygen atoms in total. The van der Waals surface area contributed by atoms with Crippen LogP contribution in [0.25, 0.3) is 0 Å². The second-order valence-corrected chi connectivity index (χ2v) is 5.55. The average molecular weight is 280 g/mol. The number of aromatic nitrogens is 3. The van der Waals surface area contributed by atoms with Gasteiger partial charge in [-0.15, -0.1) is 0 Å². The van der Waals surface area contributed by atoms with E-state index in [2.05, 4.69) is 10.1 Å². The normalized spacial score (nSPS) is 14.6. The molecule has 1 N–H and O–H groups in total. The topological polar surface area (TPSA) is 50.9 Å². The van der Waals surface area contributed by atoms with Crippen LogP contribution < -0.4 is 0 Å². The van der Waals surface area contributed by atoms with Crippen LogP contribution >= 0.6 is 11.6 Å². The minimum absolute atomic E-state index is 0.208. The molecular weight excluding hydrogens is 262 g/mol. The Balaban J connectivity index is 2.31. The summed E-state index contributed by atoms with van der Waals surface area (Å²) in [4.78, 5) is 4.23. The van der Waals surface area contributed by atoms with Crippen molar-refractivity contribution < 1.29 is 5.11 Å². The van der Waals surface area contributed by atoms with Gasteiger partial charge in [-0.3, -0.25) is 0 Å². The molecule has 19 heavy (non-hydrogen) atoms. The molecule has 1 aromatic heterocycles. The van der Waals surface area contributed by atoms with Crippen LogP contribution in [0.1, 0.15) is 38.2 Å². The van der Waals surface area contributed by atoms with E-state index in [9.17, 15) is 5.11 Å². The van der Waals surface area contributed by atoms with Crippen molar-refractivity contribution in [1.82, 2.24) is 14.8 Å². The lowest BCUT2D eigenvalue weighted by Gasteiger charge is -2.25. The predicted molar refractivity (Wildman–Crippen MR) is 75.1 cm³/mol. The van der Waals surface area contributed by atoms with Gasteiger partial charge in [-0.25, -0.2) is 9.67 Å². The molecule has 0 radical (unpaired) electrons. The SMILES string of the molecule is CC(C)n1ncnc1CC(C)(O)c1ccccc1Cl. The van der Waals surface area contributed by atoms with E-state index in [0.29, 0.717) is 17.0 Å². The summed E-state index contributed by atoms with van der Waals surface area (Å²) in [7, 11) is 0. The van der Waals surface area contributed by atoms with Crippen LogP contribution in [-0.2, 0) is 12.0 Å². The molecule has 1 unspecified atom stereocenters. The van der Waals surface area contributed by atoms with Gasteiger partial charge in [0.2, 0.25) is 0 Å². The second-order valence-electron chi connectivity index (χ2n) is 5.15. The first-order chi connectivity index (χ1) is 8.92. The number of aliphatic hydroxyl groups is 1. The van der Waals surface area contributed by atoms with Crippen LogP contribution in [0.5, 0.6) is 0 Å². The third kappa shape index (κ3) is 2.96. The van der Waals surface area contributed by atoms with Crippen LogP contribution in [0.3, 0.4) is 0 Å². The first-order valence-corrected chi connectivity index (χ1v) is 6.65. The standard InChI is InChI=1S/C14H18ClN3O/c1-10(2)18-13(16-9-17-18)8-14(3,19)11-6-4-5-7-12(11)15/h4-7,9-10,19H,8H2,1-3H3. The van der Waals surface area contributed by atoms with E-state index >= 15 is 0 Å². The Morgan fingerprint density at radius 1 is 1.37 bits per heavy atom. The van der Waals surface area contributed by atoms with E-state index in [4.69, 9.17) is 11.6 Å². The Morgan fingerprint density at radius 2 is 2.05 bits per heavy atom. The third-order valence-electron chi connectivity index (χ3n) is 3.09. The summed E-state index contributed by atoms with van der Waals surface area (Å²) < 4.78 is 1.81. The lowest BCUT2D eigenvalue weighted by molar-refractivity contribution is 0.0540. The summed E-state index contributed by atoms with van der Waals surface area (Å²) in [6, 6.07) is 7.53. The number of hydrogen-bond donors (Lipinski definition) is 1. The predicted octanol–water partition coefficient (Wildman–Crippen LogP) is 2.96. The molecule has 2 rings (SSSR count). The Kier molecular flexibility index (Phi) is 3.92. The van der Waals surface area contributed by atoms with E-state index in [-0.39, 0.29) is 6.04 Å². The van der Waals surface area contributed by atoms with E-state index in [1.165, 1.54) is 6.33 Å². The number of halogens is 1. The molecule has 0 fully saturated rings. The molecule has 1 aromatic carbocycles. The zero-order valence-electron chi connectivity index (χ0n) is 11.3. The van der Waals surface area contributed by atoms with E-state index < -0.39 is 5.60 Å². The van der Waals surface area contributed by atoms with Gasteiger partial charge in [-0.1, -0.05) is 29.8 Å². The largest absolute Gasteiger partial charge is 0.385 e. The molecule has 0 aliphatic carbocycles. The van der Waals surface area contributed by atoms with Crippen LogP contribution in [0, 0.1) is 0 Å². The van der Waals surface area contributed by atoms with E-state index in [1.807, 2.05) is 36.7 Å². The van der Waals surface area contributed by atoms with E-state index in [0.717, 1.165) is 5.82 Å². The van der Waals surface area contributed by atoms with Gasteiger partial charge in [-0.2, -0.15) is 5.10 Å². The highest BCUT2D eigenvalue weighted by Crippen LogP contribution is 2.30. The lowest BCUT2D eigenvalue weighted by atomic mass is 9.92. The molecule has 1 atom stereocenters. The first kappa shape index (κ1) is 14.0. The quantitative estimate of drug-likeness (QED) is 0.936. The Hall–Kier alpha value is -1.39. The first-order valence-electron chi connectivity index (χ1n) is 6.27. The molecule has 0 saturated heterocycles. The van der Waals surface area contributed by atoms with Crippen molar-refractivity contribution in [3.63, 3.8) is 0 Å². The highest BCUT2D eigenvalue weighted by atomic mass is 35.5. The fourth-order valence-corrected chi connectivity index (χ4v) is 2.47. The van der Waals surface area contributed by atoms with Gasteiger partial charge in [-0.05, 0) is 26.8 Å². The molecule has 0 bridgehead atoms. The van der Waals surface area contributed by atoms with Crippen LogP contribution in [0.4, 0.5) is 0 Å². The van der Waals surface area contributed by atoms with Crippen molar-refractivity contribution in [3.05, 3.63) is 47.0 Å². The van der Waals surface area contributed by atoms with Crippen molar-refractivity contribution in [1.29, 1.82) is 0 Å². The fourth-order valence-electron chi connectivity index (χ4n) is 2.13. The Labute approximate surface area is 118 Å². The third-order valence-corrected chi connectivity index (χ3v) is 3.42. The molecule has 5 heteroatoms. The van der Waals surface area contributed by atoms with Gasteiger partial charge in [0.15, 0.2) is 0 Å². The molecule has 0 spiro atoms. The maximum atomic E-state index is 10.7. The highest BCUT2D eigenvalue weighted by molar-refractivity contribution is 6.31.